The van der Waals surface area contributed by atoms with Crippen molar-refractivity contribution >= 4 is 11.9 Å². The molecule has 136 valence electrons. The number of rotatable bonds is 3. The van der Waals surface area contributed by atoms with Crippen LogP contribution in [-0.2, 0) is 9.53 Å². The van der Waals surface area contributed by atoms with Crippen LogP contribution in [0.25, 0.3) is 5.69 Å². The standard InChI is InChI=1S/C19H19FN2O4/c1-26-19(25)13-8-10-21(11-9-13)18(24)14-2-7-17(23)22(12-14)16-5-3-15(20)4-6-16/h2-7,12-13H,8-11H2,1H3. The quantitative estimate of drug-likeness (QED) is 0.787. The third-order valence-corrected chi connectivity index (χ3v) is 4.58. The summed E-state index contributed by atoms with van der Waals surface area (Å²) in [4.78, 5) is 38.1. The predicted molar refractivity (Wildman–Crippen MR) is 92.6 cm³/mol. The van der Waals surface area contributed by atoms with Gasteiger partial charge in [-0.25, -0.2) is 4.39 Å². The Kier molecular flexibility index (Phi) is 5.16. The summed E-state index contributed by atoms with van der Waals surface area (Å²) >= 11 is 0. The van der Waals surface area contributed by atoms with E-state index in [1.54, 1.807) is 4.90 Å². The van der Waals surface area contributed by atoms with E-state index in [-0.39, 0.29) is 23.4 Å². The van der Waals surface area contributed by atoms with Gasteiger partial charge in [-0.15, -0.1) is 0 Å². The second kappa shape index (κ2) is 7.51. The number of nitrogens with zero attached hydrogens (tertiary/aromatic N) is 2. The molecule has 0 radical (unpaired) electrons. The number of piperidine rings is 1. The zero-order valence-electron chi connectivity index (χ0n) is 14.4. The van der Waals surface area contributed by atoms with Crippen LogP contribution in [0.1, 0.15) is 23.2 Å². The van der Waals surface area contributed by atoms with Gasteiger partial charge in [0.2, 0.25) is 0 Å². The number of esters is 1. The molecule has 0 spiro atoms. The van der Waals surface area contributed by atoms with Crippen molar-refractivity contribution in [2.45, 2.75) is 12.8 Å². The summed E-state index contributed by atoms with van der Waals surface area (Å²) in [6, 6.07) is 8.27. The maximum Gasteiger partial charge on any atom is 0.308 e. The molecular weight excluding hydrogens is 339 g/mol. The number of pyridine rings is 1. The molecular formula is C19H19FN2O4. The lowest BCUT2D eigenvalue weighted by atomic mass is 9.96. The summed E-state index contributed by atoms with van der Waals surface area (Å²) in [5.41, 5.74) is 0.540. The molecule has 0 unspecified atom stereocenters. The minimum absolute atomic E-state index is 0.183. The Morgan fingerprint density at radius 3 is 2.35 bits per heavy atom. The number of aromatic nitrogens is 1. The van der Waals surface area contributed by atoms with E-state index in [0.717, 1.165) is 0 Å². The number of ether oxygens (including phenoxy) is 1. The second-order valence-corrected chi connectivity index (χ2v) is 6.19. The van der Waals surface area contributed by atoms with Crippen molar-refractivity contribution in [2.24, 2.45) is 5.92 Å². The molecule has 2 heterocycles. The van der Waals surface area contributed by atoms with Crippen LogP contribution in [0, 0.1) is 11.7 Å². The first-order valence-electron chi connectivity index (χ1n) is 8.35. The van der Waals surface area contributed by atoms with Gasteiger partial charge in [-0.05, 0) is 43.2 Å². The normalized spacial score (nSPS) is 14.9. The number of benzene rings is 1. The first kappa shape index (κ1) is 17.8. The lowest BCUT2D eigenvalue weighted by molar-refractivity contribution is -0.146. The summed E-state index contributed by atoms with van der Waals surface area (Å²) in [6.07, 6.45) is 2.57. The van der Waals surface area contributed by atoms with Crippen LogP contribution in [0.15, 0.2) is 47.4 Å². The number of carbonyl (C=O) groups excluding carboxylic acids is 2. The zero-order valence-corrected chi connectivity index (χ0v) is 14.4. The van der Waals surface area contributed by atoms with E-state index < -0.39 is 5.82 Å². The van der Waals surface area contributed by atoms with Gasteiger partial charge in [0.15, 0.2) is 0 Å². The van der Waals surface area contributed by atoms with Gasteiger partial charge in [0.25, 0.3) is 11.5 Å². The Morgan fingerprint density at radius 2 is 1.73 bits per heavy atom. The Balaban J connectivity index is 1.79. The molecule has 0 N–H and O–H groups in total. The lowest BCUT2D eigenvalue weighted by Crippen LogP contribution is -2.40. The van der Waals surface area contributed by atoms with E-state index in [1.807, 2.05) is 0 Å². The fourth-order valence-electron chi connectivity index (χ4n) is 3.08. The third kappa shape index (κ3) is 3.66. The highest BCUT2D eigenvalue weighted by atomic mass is 19.1. The summed E-state index contributed by atoms with van der Waals surface area (Å²) in [5, 5.41) is 0. The molecule has 0 saturated carbocycles. The van der Waals surface area contributed by atoms with Gasteiger partial charge in [-0.2, -0.15) is 0 Å². The maximum absolute atomic E-state index is 13.1. The molecule has 1 aromatic heterocycles. The van der Waals surface area contributed by atoms with E-state index in [2.05, 4.69) is 0 Å². The predicted octanol–water partition coefficient (Wildman–Crippen LogP) is 2.00. The van der Waals surface area contributed by atoms with Crippen molar-refractivity contribution < 1.29 is 18.7 Å². The van der Waals surface area contributed by atoms with Crippen molar-refractivity contribution in [3.05, 3.63) is 64.3 Å². The Bertz CT molecular complexity index is 868. The smallest absolute Gasteiger partial charge is 0.308 e. The number of hydrogen-bond donors (Lipinski definition) is 0. The Hall–Kier alpha value is -2.96. The van der Waals surface area contributed by atoms with Crippen LogP contribution in [0.2, 0.25) is 0 Å². The number of methoxy groups -OCH3 is 1. The van der Waals surface area contributed by atoms with Crippen molar-refractivity contribution in [3.8, 4) is 5.69 Å². The molecule has 26 heavy (non-hydrogen) atoms. The highest BCUT2D eigenvalue weighted by Crippen LogP contribution is 2.20. The fourth-order valence-corrected chi connectivity index (χ4v) is 3.08. The Morgan fingerprint density at radius 1 is 1.08 bits per heavy atom. The molecule has 0 atom stereocenters. The molecule has 1 aliphatic heterocycles. The summed E-state index contributed by atoms with van der Waals surface area (Å²) < 4.78 is 19.1. The first-order valence-corrected chi connectivity index (χ1v) is 8.35. The fraction of sp³-hybridized carbons (Fsp3) is 0.316. The van der Waals surface area contributed by atoms with Gasteiger partial charge in [-0.3, -0.25) is 19.0 Å². The first-order chi connectivity index (χ1) is 12.5. The van der Waals surface area contributed by atoms with Crippen molar-refractivity contribution in [1.82, 2.24) is 9.47 Å². The van der Waals surface area contributed by atoms with E-state index in [9.17, 15) is 18.8 Å². The highest BCUT2D eigenvalue weighted by molar-refractivity contribution is 5.94. The molecule has 1 fully saturated rings. The van der Waals surface area contributed by atoms with Crippen LogP contribution in [0.5, 0.6) is 0 Å². The molecule has 1 aliphatic rings. The molecule has 1 amide bonds. The van der Waals surface area contributed by atoms with Gasteiger partial charge in [0, 0.05) is 31.0 Å². The van der Waals surface area contributed by atoms with E-state index >= 15 is 0 Å². The number of likely N-dealkylation sites (tertiary alicyclic amines) is 1. The van der Waals surface area contributed by atoms with Crippen LogP contribution in [0.3, 0.4) is 0 Å². The molecule has 0 aliphatic carbocycles. The topological polar surface area (TPSA) is 68.6 Å². The summed E-state index contributed by atoms with van der Waals surface area (Å²) in [5.74, 6) is -1.04. The van der Waals surface area contributed by atoms with Crippen LogP contribution < -0.4 is 5.56 Å². The minimum atomic E-state index is -0.400. The second-order valence-electron chi connectivity index (χ2n) is 6.19. The SMILES string of the molecule is COC(=O)C1CCN(C(=O)c2ccc(=O)n(-c3ccc(F)cc3)c2)CC1. The molecule has 1 saturated heterocycles. The van der Waals surface area contributed by atoms with Crippen molar-refractivity contribution in [1.29, 1.82) is 0 Å². The third-order valence-electron chi connectivity index (χ3n) is 4.58. The molecule has 2 aromatic rings. The molecule has 1 aromatic carbocycles. The average molecular weight is 358 g/mol. The van der Waals surface area contributed by atoms with Gasteiger partial charge in [0.05, 0.1) is 18.6 Å². The Labute approximate surface area is 149 Å². The summed E-state index contributed by atoms with van der Waals surface area (Å²) in [6.45, 7) is 0.905. The monoisotopic (exact) mass is 358 g/mol. The van der Waals surface area contributed by atoms with E-state index in [4.69, 9.17) is 4.74 Å². The van der Waals surface area contributed by atoms with Gasteiger partial charge in [-0.1, -0.05) is 0 Å². The van der Waals surface area contributed by atoms with Gasteiger partial charge in [0.1, 0.15) is 5.82 Å². The number of carbonyl (C=O) groups is 2. The molecule has 0 bridgehead atoms. The average Bonchev–Trinajstić information content (AvgIpc) is 2.68. The van der Waals surface area contributed by atoms with Crippen molar-refractivity contribution in [3.63, 3.8) is 0 Å². The van der Waals surface area contributed by atoms with Crippen LogP contribution >= 0.6 is 0 Å². The molecule has 6 nitrogen and oxygen atoms in total. The number of hydrogen-bond acceptors (Lipinski definition) is 4. The van der Waals surface area contributed by atoms with Crippen LogP contribution in [-0.4, -0.2) is 41.5 Å². The highest BCUT2D eigenvalue weighted by Gasteiger charge is 2.28. The van der Waals surface area contributed by atoms with E-state index in [1.165, 1.54) is 54.3 Å². The molecule has 7 heteroatoms. The largest absolute Gasteiger partial charge is 0.469 e. The minimum Gasteiger partial charge on any atom is -0.469 e. The lowest BCUT2D eigenvalue weighted by Gasteiger charge is -2.30. The van der Waals surface area contributed by atoms with Gasteiger partial charge < -0.3 is 9.64 Å². The van der Waals surface area contributed by atoms with E-state index in [0.29, 0.717) is 37.2 Å². The molecule has 3 rings (SSSR count). The van der Waals surface area contributed by atoms with Crippen molar-refractivity contribution in [2.75, 3.05) is 20.2 Å². The zero-order chi connectivity index (χ0) is 18.7. The number of amides is 1. The maximum atomic E-state index is 13.1. The number of halogens is 1. The van der Waals surface area contributed by atoms with Crippen LogP contribution in [0.4, 0.5) is 4.39 Å². The van der Waals surface area contributed by atoms with Gasteiger partial charge >= 0.3 is 5.97 Å². The summed E-state index contributed by atoms with van der Waals surface area (Å²) in [7, 11) is 1.36.